The van der Waals surface area contributed by atoms with Crippen LogP contribution in [0, 0.1) is 0 Å². The summed E-state index contributed by atoms with van der Waals surface area (Å²) in [5, 5.41) is 1.33. The summed E-state index contributed by atoms with van der Waals surface area (Å²) in [5.41, 5.74) is 8.50. The van der Waals surface area contributed by atoms with Gasteiger partial charge in [0.25, 0.3) is 0 Å². The molecular weight excluding hydrogens is 208 g/mol. The Morgan fingerprint density at radius 1 is 1.12 bits per heavy atom. The summed E-state index contributed by atoms with van der Waals surface area (Å²) in [4.78, 5) is 0. The third-order valence-electron chi connectivity index (χ3n) is 4.01. The Morgan fingerprint density at radius 2 is 1.94 bits per heavy atom. The number of nitrogens with two attached hydrogens (primary N) is 1. The minimum atomic E-state index is 0.633. The minimum Gasteiger partial charge on any atom is -0.344 e. The molecule has 2 nitrogen and oxygen atoms in total. The van der Waals surface area contributed by atoms with Crippen molar-refractivity contribution in [3.63, 3.8) is 0 Å². The predicted molar refractivity (Wildman–Crippen MR) is 72.0 cm³/mol. The second-order valence-corrected chi connectivity index (χ2v) is 5.07. The Labute approximate surface area is 102 Å². The molecule has 1 aromatic carbocycles. The van der Waals surface area contributed by atoms with Crippen molar-refractivity contribution in [3.05, 3.63) is 36.0 Å². The van der Waals surface area contributed by atoms with Crippen LogP contribution in [-0.4, -0.2) is 4.57 Å². The molecule has 1 fully saturated rings. The molecule has 0 amide bonds. The average Bonchev–Trinajstić information content (AvgIpc) is 2.83. The lowest BCUT2D eigenvalue weighted by atomic mass is 9.95. The highest BCUT2D eigenvalue weighted by Gasteiger charge is 2.17. The molecule has 90 valence electrons. The first-order valence-corrected chi connectivity index (χ1v) is 6.68. The van der Waals surface area contributed by atoms with Gasteiger partial charge in [-0.25, -0.2) is 0 Å². The van der Waals surface area contributed by atoms with Crippen molar-refractivity contribution in [2.45, 2.75) is 44.7 Å². The molecule has 0 radical (unpaired) electrons. The molecule has 0 aliphatic heterocycles. The smallest absolute Gasteiger partial charge is 0.0528 e. The van der Waals surface area contributed by atoms with Gasteiger partial charge in [-0.1, -0.05) is 37.5 Å². The fraction of sp³-hybridized carbons (Fsp3) is 0.467. The van der Waals surface area contributed by atoms with E-state index in [0.717, 1.165) is 0 Å². The number of hydrogen-bond acceptors (Lipinski definition) is 1. The topological polar surface area (TPSA) is 30.9 Å². The van der Waals surface area contributed by atoms with E-state index in [-0.39, 0.29) is 0 Å². The van der Waals surface area contributed by atoms with Gasteiger partial charge >= 0.3 is 0 Å². The first kappa shape index (κ1) is 10.8. The summed E-state index contributed by atoms with van der Waals surface area (Å²) in [7, 11) is 0. The van der Waals surface area contributed by atoms with Crippen molar-refractivity contribution in [2.75, 3.05) is 0 Å². The van der Waals surface area contributed by atoms with Crippen molar-refractivity contribution in [2.24, 2.45) is 5.73 Å². The molecule has 0 spiro atoms. The van der Waals surface area contributed by atoms with Crippen LogP contribution < -0.4 is 5.73 Å². The quantitative estimate of drug-likeness (QED) is 0.836. The van der Waals surface area contributed by atoms with E-state index in [4.69, 9.17) is 5.73 Å². The summed E-state index contributed by atoms with van der Waals surface area (Å²) in [6.07, 6.45) is 9.04. The van der Waals surface area contributed by atoms with Crippen LogP contribution in [0.1, 0.15) is 43.7 Å². The van der Waals surface area contributed by atoms with Gasteiger partial charge in [-0.05, 0) is 29.9 Å². The van der Waals surface area contributed by atoms with E-state index >= 15 is 0 Å². The van der Waals surface area contributed by atoms with Crippen LogP contribution in [0.5, 0.6) is 0 Å². The average molecular weight is 228 g/mol. The molecular formula is C15H20N2. The van der Waals surface area contributed by atoms with Crippen LogP contribution in [0.2, 0.25) is 0 Å². The van der Waals surface area contributed by atoms with Gasteiger partial charge in [0.05, 0.1) is 5.52 Å². The van der Waals surface area contributed by atoms with Gasteiger partial charge in [0.2, 0.25) is 0 Å². The Kier molecular flexibility index (Phi) is 2.89. The Balaban J connectivity index is 2.09. The molecule has 0 saturated heterocycles. The van der Waals surface area contributed by atoms with E-state index < -0.39 is 0 Å². The van der Waals surface area contributed by atoms with Crippen LogP contribution in [0.15, 0.2) is 30.5 Å². The highest BCUT2D eigenvalue weighted by Crippen LogP contribution is 2.32. The molecule has 1 saturated carbocycles. The lowest BCUT2D eigenvalue weighted by molar-refractivity contribution is 0.360. The number of fused-ring (bicyclic) bond motifs is 1. The van der Waals surface area contributed by atoms with Crippen LogP contribution >= 0.6 is 0 Å². The minimum absolute atomic E-state index is 0.633. The van der Waals surface area contributed by atoms with Crippen molar-refractivity contribution in [1.29, 1.82) is 0 Å². The molecule has 1 heterocycles. The molecule has 1 aromatic heterocycles. The molecule has 0 atom stereocenters. The van der Waals surface area contributed by atoms with E-state index in [1.165, 1.54) is 48.6 Å². The van der Waals surface area contributed by atoms with Crippen molar-refractivity contribution in [1.82, 2.24) is 4.57 Å². The van der Waals surface area contributed by atoms with E-state index in [2.05, 4.69) is 35.0 Å². The normalized spacial score (nSPS) is 17.7. The summed E-state index contributed by atoms with van der Waals surface area (Å²) in [5.74, 6) is 0. The lowest BCUT2D eigenvalue weighted by Crippen LogP contribution is -2.13. The molecule has 0 bridgehead atoms. The SMILES string of the molecule is NCc1cccc2ccn(C3CCCCC3)c12. The second-order valence-electron chi connectivity index (χ2n) is 5.07. The predicted octanol–water partition coefficient (Wildman–Crippen LogP) is 3.61. The first-order chi connectivity index (χ1) is 8.40. The molecule has 1 aliphatic carbocycles. The van der Waals surface area contributed by atoms with E-state index in [1.807, 2.05) is 0 Å². The Hall–Kier alpha value is -1.28. The van der Waals surface area contributed by atoms with Crippen LogP contribution in [0.25, 0.3) is 10.9 Å². The van der Waals surface area contributed by atoms with E-state index in [9.17, 15) is 0 Å². The second kappa shape index (κ2) is 4.53. The van der Waals surface area contributed by atoms with Gasteiger partial charge in [0, 0.05) is 18.8 Å². The zero-order chi connectivity index (χ0) is 11.7. The first-order valence-electron chi connectivity index (χ1n) is 6.68. The van der Waals surface area contributed by atoms with Gasteiger partial charge in [-0.3, -0.25) is 0 Å². The van der Waals surface area contributed by atoms with Gasteiger partial charge in [-0.15, -0.1) is 0 Å². The monoisotopic (exact) mass is 228 g/mol. The lowest BCUT2D eigenvalue weighted by Gasteiger charge is -2.25. The van der Waals surface area contributed by atoms with Gasteiger partial charge < -0.3 is 10.3 Å². The third kappa shape index (κ3) is 1.87. The highest BCUT2D eigenvalue weighted by atomic mass is 15.0. The Bertz CT molecular complexity index is 507. The van der Waals surface area contributed by atoms with Gasteiger partial charge in [0.15, 0.2) is 0 Å². The number of hydrogen-bond donors (Lipinski definition) is 1. The van der Waals surface area contributed by atoms with E-state index in [1.54, 1.807) is 0 Å². The third-order valence-corrected chi connectivity index (χ3v) is 4.01. The molecule has 3 rings (SSSR count). The van der Waals surface area contributed by atoms with Gasteiger partial charge in [-0.2, -0.15) is 0 Å². The fourth-order valence-electron chi connectivity index (χ4n) is 3.12. The maximum atomic E-state index is 5.86. The van der Waals surface area contributed by atoms with Crippen molar-refractivity contribution in [3.8, 4) is 0 Å². The maximum absolute atomic E-state index is 5.86. The van der Waals surface area contributed by atoms with Gasteiger partial charge in [0.1, 0.15) is 0 Å². The van der Waals surface area contributed by atoms with Crippen LogP contribution in [-0.2, 0) is 6.54 Å². The molecule has 1 aliphatic rings. The summed E-state index contributed by atoms with van der Waals surface area (Å²) in [6, 6.07) is 9.36. The van der Waals surface area contributed by atoms with Crippen LogP contribution in [0.4, 0.5) is 0 Å². The van der Waals surface area contributed by atoms with Crippen LogP contribution in [0.3, 0.4) is 0 Å². The van der Waals surface area contributed by atoms with E-state index in [0.29, 0.717) is 12.6 Å². The number of nitrogens with zero attached hydrogens (tertiary/aromatic N) is 1. The molecule has 2 aromatic rings. The van der Waals surface area contributed by atoms with Crippen molar-refractivity contribution >= 4 is 10.9 Å². The zero-order valence-electron chi connectivity index (χ0n) is 10.2. The number of aromatic nitrogens is 1. The standard InChI is InChI=1S/C15H20N2/c16-11-13-6-4-5-12-9-10-17(15(12)13)14-7-2-1-3-8-14/h4-6,9-10,14H,1-3,7-8,11,16H2. The summed E-state index contributed by atoms with van der Waals surface area (Å²) >= 11 is 0. The fourth-order valence-corrected chi connectivity index (χ4v) is 3.12. The number of benzene rings is 1. The molecule has 2 N–H and O–H groups in total. The molecule has 17 heavy (non-hydrogen) atoms. The van der Waals surface area contributed by atoms with Crippen molar-refractivity contribution < 1.29 is 0 Å². The molecule has 2 heteroatoms. The largest absolute Gasteiger partial charge is 0.344 e. The number of rotatable bonds is 2. The summed E-state index contributed by atoms with van der Waals surface area (Å²) < 4.78 is 2.47. The zero-order valence-corrected chi connectivity index (χ0v) is 10.2. The Morgan fingerprint density at radius 3 is 2.71 bits per heavy atom. The summed E-state index contributed by atoms with van der Waals surface area (Å²) in [6.45, 7) is 0.633. The maximum Gasteiger partial charge on any atom is 0.0528 e. The number of para-hydroxylation sites is 1. The highest BCUT2D eigenvalue weighted by molar-refractivity contribution is 5.83. The molecule has 0 unspecified atom stereocenters.